The number of hydrogen-bond acceptors (Lipinski definition) is 6. The largest absolute Gasteiger partial charge is 0.507 e. The molecule has 1 aliphatic heterocycles. The van der Waals surface area contributed by atoms with Crippen molar-refractivity contribution in [2.75, 3.05) is 0 Å². The van der Waals surface area contributed by atoms with Crippen molar-refractivity contribution in [1.29, 1.82) is 0 Å². The Labute approximate surface area is 252 Å². The van der Waals surface area contributed by atoms with Gasteiger partial charge in [0.2, 0.25) is 0 Å². The number of aromatic hydroxyl groups is 1. The average Bonchev–Trinajstić information content (AvgIpc) is 2.88. The van der Waals surface area contributed by atoms with Crippen LogP contribution >= 0.6 is 15.9 Å². The molecule has 1 aromatic carbocycles. The van der Waals surface area contributed by atoms with Gasteiger partial charge in [-0.1, -0.05) is 82.9 Å². The lowest BCUT2D eigenvalue weighted by Crippen LogP contribution is -2.26. The van der Waals surface area contributed by atoms with Crippen molar-refractivity contribution in [2.24, 2.45) is 28.9 Å². The Hall–Kier alpha value is -3.28. The molecule has 0 fully saturated rings. The Kier molecular flexibility index (Phi) is 13.4. The standard InChI is InChI=1S/C33H42BrNO6/c1-22-12-10-16-29(37)41-28(24(3)18-17-23(2)21-25(20-22)40-32(35)39)15-8-6-7-9-19-33(4,5)31(38)26-13-11-14-27(36)30(26)34/h8-11,13-19,22-25,28,31,36,38H,12,20-21H2,1-5H3,(H2,35,39)/b15-8+,16-10-,18-17+,19-9+/t22-,23+,24+,25?,28+,31?/m1/s1. The molecule has 1 aromatic rings. The molecular formula is C33H42BrNO6. The number of carbonyl (C=O) groups excluding carboxylic acids is 2. The van der Waals surface area contributed by atoms with Crippen molar-refractivity contribution in [3.05, 3.63) is 76.8 Å². The number of halogens is 1. The third kappa shape index (κ3) is 11.6. The first kappa shape index (κ1) is 33.9. The highest BCUT2D eigenvalue weighted by molar-refractivity contribution is 9.10. The van der Waals surface area contributed by atoms with Crippen LogP contribution in [0.15, 0.2) is 71.3 Å². The normalized spacial score (nSPS) is 26.8. The van der Waals surface area contributed by atoms with Gasteiger partial charge in [0.25, 0.3) is 0 Å². The molecule has 222 valence electrons. The number of esters is 1. The number of carbonyl (C=O) groups is 2. The molecule has 1 aliphatic rings. The fourth-order valence-electron chi connectivity index (χ4n) is 4.50. The van der Waals surface area contributed by atoms with E-state index in [4.69, 9.17) is 15.2 Å². The number of primary amides is 1. The first-order valence-electron chi connectivity index (χ1n) is 13.8. The lowest BCUT2D eigenvalue weighted by atomic mass is 9.82. The van der Waals surface area contributed by atoms with Crippen LogP contribution in [0.4, 0.5) is 4.79 Å². The summed E-state index contributed by atoms with van der Waals surface area (Å²) in [6.45, 7) is 9.79. The molecule has 0 spiro atoms. The fourth-order valence-corrected chi connectivity index (χ4v) is 4.98. The highest BCUT2D eigenvalue weighted by Gasteiger charge is 2.28. The van der Waals surface area contributed by atoms with E-state index in [0.29, 0.717) is 29.3 Å². The fraction of sp³-hybridized carbons (Fsp3) is 0.455. The monoisotopic (exact) mass is 627 g/mol. The first-order chi connectivity index (χ1) is 19.3. The molecule has 6 atom stereocenters. The number of amides is 1. The Morgan fingerprint density at radius 3 is 2.61 bits per heavy atom. The number of phenolic OH excluding ortho intramolecular Hbond substituents is 1. The van der Waals surface area contributed by atoms with Crippen molar-refractivity contribution < 1.29 is 29.3 Å². The minimum Gasteiger partial charge on any atom is -0.507 e. The molecule has 8 heteroatoms. The topological polar surface area (TPSA) is 119 Å². The molecule has 1 heterocycles. The number of allylic oxidation sites excluding steroid dienone is 4. The minimum atomic E-state index is -0.870. The first-order valence-corrected chi connectivity index (χ1v) is 14.6. The summed E-state index contributed by atoms with van der Waals surface area (Å²) < 4.78 is 11.5. The zero-order valence-electron chi connectivity index (χ0n) is 24.4. The number of cyclic esters (lactones) is 1. The van der Waals surface area contributed by atoms with Crippen LogP contribution < -0.4 is 5.73 Å². The van der Waals surface area contributed by atoms with Gasteiger partial charge in [0.1, 0.15) is 18.0 Å². The molecule has 7 nitrogen and oxygen atoms in total. The maximum atomic E-state index is 12.5. The number of nitrogens with two attached hydrogens (primary N) is 1. The molecule has 0 saturated heterocycles. The van der Waals surface area contributed by atoms with E-state index >= 15 is 0 Å². The average molecular weight is 629 g/mol. The number of benzene rings is 1. The molecule has 1 amide bonds. The summed E-state index contributed by atoms with van der Waals surface area (Å²) in [5.41, 5.74) is 5.21. The molecule has 0 aromatic heterocycles. The number of hydrogen-bond donors (Lipinski definition) is 3. The second-order valence-corrected chi connectivity index (χ2v) is 12.1. The second kappa shape index (κ2) is 16.2. The van der Waals surface area contributed by atoms with Gasteiger partial charge in [-0.2, -0.15) is 0 Å². The number of phenols is 1. The van der Waals surface area contributed by atoms with E-state index in [2.05, 4.69) is 27.8 Å². The van der Waals surface area contributed by atoms with Crippen molar-refractivity contribution in [3.63, 3.8) is 0 Å². The van der Waals surface area contributed by atoms with E-state index in [1.807, 2.05) is 52.8 Å². The smallest absolute Gasteiger partial charge is 0.404 e. The van der Waals surface area contributed by atoms with E-state index in [1.54, 1.807) is 42.5 Å². The summed E-state index contributed by atoms with van der Waals surface area (Å²) in [7, 11) is 0. The van der Waals surface area contributed by atoms with Crippen molar-refractivity contribution in [2.45, 2.75) is 72.2 Å². The van der Waals surface area contributed by atoms with Gasteiger partial charge in [-0.25, -0.2) is 9.59 Å². The van der Waals surface area contributed by atoms with Crippen LogP contribution in [0, 0.1) is 35.0 Å². The Balaban J connectivity index is 2.15. The van der Waals surface area contributed by atoms with Gasteiger partial charge in [-0.3, -0.25) is 0 Å². The van der Waals surface area contributed by atoms with Gasteiger partial charge in [-0.05, 0) is 76.9 Å². The Morgan fingerprint density at radius 1 is 1.20 bits per heavy atom. The lowest BCUT2D eigenvalue weighted by molar-refractivity contribution is -0.142. The summed E-state index contributed by atoms with van der Waals surface area (Å²) in [4.78, 5) is 23.9. The number of ether oxygens (including phenoxy) is 2. The van der Waals surface area contributed by atoms with Gasteiger partial charge in [0.05, 0.1) is 10.6 Å². The van der Waals surface area contributed by atoms with Crippen LogP contribution in [0.5, 0.6) is 5.75 Å². The van der Waals surface area contributed by atoms with E-state index in [0.717, 1.165) is 0 Å². The highest BCUT2D eigenvalue weighted by atomic mass is 79.9. The predicted octanol–water partition coefficient (Wildman–Crippen LogP) is 6.91. The SMILES string of the molecule is C[C@@H]1C/C=C\C(=O)O[C@@H](/C=C/C#C/C=C/C(C)(C)C(O)c2cccc(O)c2Br)[C@@H](C)/C=C/[C@H](C)CC(OC(N)=O)C1. The van der Waals surface area contributed by atoms with Crippen LogP contribution in [0.1, 0.15) is 65.5 Å². The van der Waals surface area contributed by atoms with Crippen LogP contribution in [-0.4, -0.2) is 34.5 Å². The van der Waals surface area contributed by atoms with E-state index in [9.17, 15) is 19.8 Å². The van der Waals surface area contributed by atoms with Crippen molar-refractivity contribution >= 4 is 28.0 Å². The summed E-state index contributed by atoms with van der Waals surface area (Å²) in [5, 5.41) is 20.8. The summed E-state index contributed by atoms with van der Waals surface area (Å²) in [6.07, 6.45) is 13.6. The molecule has 4 N–H and O–H groups in total. The quantitative estimate of drug-likeness (QED) is 0.185. The summed E-state index contributed by atoms with van der Waals surface area (Å²) in [6, 6.07) is 4.99. The van der Waals surface area contributed by atoms with Gasteiger partial charge in [0, 0.05) is 17.4 Å². The molecule has 0 bridgehead atoms. The third-order valence-electron chi connectivity index (χ3n) is 6.95. The summed E-state index contributed by atoms with van der Waals surface area (Å²) >= 11 is 3.34. The Bertz CT molecular complexity index is 1220. The zero-order valence-corrected chi connectivity index (χ0v) is 26.0. The molecule has 0 radical (unpaired) electrons. The van der Waals surface area contributed by atoms with Crippen LogP contribution in [0.25, 0.3) is 0 Å². The van der Waals surface area contributed by atoms with Gasteiger partial charge >= 0.3 is 12.1 Å². The number of rotatable bonds is 5. The zero-order chi connectivity index (χ0) is 30.6. The predicted molar refractivity (Wildman–Crippen MR) is 165 cm³/mol. The number of aliphatic hydroxyl groups excluding tert-OH is 1. The molecule has 2 rings (SSSR count). The van der Waals surface area contributed by atoms with E-state index in [1.165, 1.54) is 6.08 Å². The van der Waals surface area contributed by atoms with Crippen molar-refractivity contribution in [1.82, 2.24) is 0 Å². The molecule has 0 aliphatic carbocycles. The van der Waals surface area contributed by atoms with Crippen LogP contribution in [0.3, 0.4) is 0 Å². The van der Waals surface area contributed by atoms with Gasteiger partial charge < -0.3 is 25.4 Å². The second-order valence-electron chi connectivity index (χ2n) is 11.3. The van der Waals surface area contributed by atoms with Crippen molar-refractivity contribution in [3.8, 4) is 17.6 Å². The molecule has 0 saturated carbocycles. The van der Waals surface area contributed by atoms with Gasteiger partial charge in [0.15, 0.2) is 0 Å². The van der Waals surface area contributed by atoms with Gasteiger partial charge in [-0.15, -0.1) is 0 Å². The maximum Gasteiger partial charge on any atom is 0.404 e. The number of aliphatic hydroxyl groups is 1. The maximum absolute atomic E-state index is 12.5. The molecule has 41 heavy (non-hydrogen) atoms. The lowest BCUT2D eigenvalue weighted by Gasteiger charge is -2.28. The highest BCUT2D eigenvalue weighted by Crippen LogP contribution is 2.40. The van der Waals surface area contributed by atoms with E-state index in [-0.39, 0.29) is 29.6 Å². The molecule has 2 unspecified atom stereocenters. The summed E-state index contributed by atoms with van der Waals surface area (Å²) in [5.74, 6) is 5.69. The van der Waals surface area contributed by atoms with Crippen LogP contribution in [0.2, 0.25) is 0 Å². The van der Waals surface area contributed by atoms with E-state index < -0.39 is 29.7 Å². The Morgan fingerprint density at radius 2 is 1.90 bits per heavy atom. The minimum absolute atomic E-state index is 0.0645. The van der Waals surface area contributed by atoms with Crippen LogP contribution in [-0.2, 0) is 14.3 Å². The molecular weight excluding hydrogens is 586 g/mol. The third-order valence-corrected chi connectivity index (χ3v) is 7.81.